The molecule has 10 atom stereocenters. The monoisotopic (exact) mass is 1210 g/mol. The number of H-pyrrole nitrogens is 1. The maximum Gasteiger partial charge on any atom is 0.326 e. The van der Waals surface area contributed by atoms with E-state index in [1.165, 1.54) is 27.2 Å². The summed E-state index contributed by atoms with van der Waals surface area (Å²) in [5, 5.41) is 36.9. The number of nitrogens with two attached hydrogens (primary N) is 3. The van der Waals surface area contributed by atoms with Crippen LogP contribution in [0.4, 0.5) is 0 Å². The van der Waals surface area contributed by atoms with Crippen molar-refractivity contribution in [2.24, 2.45) is 28.1 Å². The highest BCUT2D eigenvalue weighted by molar-refractivity contribution is 5.99. The maximum atomic E-state index is 14.9. The smallest absolute Gasteiger partial charge is 0.326 e. The Morgan fingerprint density at radius 2 is 1.08 bits per heavy atom. The third-order valence-electron chi connectivity index (χ3n) is 15.8. The van der Waals surface area contributed by atoms with Gasteiger partial charge in [-0.2, -0.15) is 0 Å². The number of imidazole rings is 1. The number of aliphatic hydroxyl groups excluding tert-OH is 1. The standard InChI is InChI=1S/C60H87N15O12/c1-4-5-20-40(61)56(83)73-26-13-22-47(73)54(81)69-42(29-36(2)3)51(78)68-43(32-39-33-64-35-66-39)52(79)72-46(34-76)53(80)67-41(21-12-25-65-60(62)63)50(77)70-44(30-37-16-8-6-9-17-37)57(84)74-27-14-23-48(74)55(82)71-45(31-38-18-10-7-11-19-38)58(85)75-28-15-24-49(75)59(86)87/h6-11,16-19,33,35-36,40-49,76H,4-5,12-15,20-32,34,61H2,1-3H3,(H,64,66)(H,67,80)(H,68,78)(H,69,81)(H,70,77)(H,71,82)(H,72,79)(H,86,87)(H4,62,63,65)/t40-,41-,42-,43-,44-,45-,46-,47-,48-,49-/m0/s1. The van der Waals surface area contributed by atoms with Gasteiger partial charge in [0.15, 0.2) is 5.96 Å². The molecule has 0 spiro atoms. The fourth-order valence-corrected chi connectivity index (χ4v) is 11.3. The number of aromatic nitrogens is 2. The van der Waals surface area contributed by atoms with Crippen molar-refractivity contribution in [2.45, 2.75) is 178 Å². The number of rotatable bonds is 32. The molecule has 0 unspecified atom stereocenters. The van der Waals surface area contributed by atoms with E-state index in [1.807, 2.05) is 20.8 Å². The molecule has 0 aliphatic carbocycles. The Labute approximate surface area is 506 Å². The van der Waals surface area contributed by atoms with E-state index in [9.17, 15) is 58.2 Å². The first-order chi connectivity index (χ1) is 41.7. The summed E-state index contributed by atoms with van der Waals surface area (Å²) in [5.74, 6) is -7.85. The van der Waals surface area contributed by atoms with Crippen LogP contribution in [0.25, 0.3) is 0 Å². The van der Waals surface area contributed by atoms with Crippen molar-refractivity contribution in [1.82, 2.24) is 56.6 Å². The average molecular weight is 1210 g/mol. The lowest BCUT2D eigenvalue weighted by Crippen LogP contribution is -2.61. The van der Waals surface area contributed by atoms with Gasteiger partial charge in [-0.1, -0.05) is 94.3 Å². The quantitative estimate of drug-likeness (QED) is 0.0203. The molecule has 3 aliphatic heterocycles. The highest BCUT2D eigenvalue weighted by Gasteiger charge is 2.43. The second kappa shape index (κ2) is 33.4. The molecule has 474 valence electrons. The van der Waals surface area contributed by atoms with Gasteiger partial charge in [0.1, 0.15) is 54.4 Å². The van der Waals surface area contributed by atoms with E-state index in [1.54, 1.807) is 60.7 Å². The molecule has 27 heteroatoms. The number of carbonyl (C=O) groups is 10. The molecule has 4 heterocycles. The summed E-state index contributed by atoms with van der Waals surface area (Å²) in [4.78, 5) is 156. The third kappa shape index (κ3) is 19.8. The first-order valence-corrected chi connectivity index (χ1v) is 30.1. The fraction of sp³-hybridized carbons (Fsp3) is 0.567. The lowest BCUT2D eigenvalue weighted by molar-refractivity contribution is -0.149. The van der Waals surface area contributed by atoms with Crippen molar-refractivity contribution in [3.05, 3.63) is 90.0 Å². The van der Waals surface area contributed by atoms with Gasteiger partial charge in [0, 0.05) is 57.3 Å². The van der Waals surface area contributed by atoms with Gasteiger partial charge in [-0.3, -0.25) is 48.1 Å². The number of nitrogens with zero attached hydrogens (tertiary/aromatic N) is 5. The van der Waals surface area contributed by atoms with Crippen molar-refractivity contribution < 1.29 is 58.2 Å². The Hall–Kier alpha value is -8.46. The SMILES string of the molecule is CCCC[C@H](N)C(=O)N1CCC[C@H]1C(=O)N[C@@H](CC(C)C)C(=O)N[C@@H](Cc1cnc[nH]1)C(=O)N[C@@H](CO)C(=O)N[C@@H](CCCN=C(N)N)C(=O)N[C@@H](Cc1ccccc1)C(=O)N1CCC[C@H]1C(=O)N[C@@H](Cc1ccccc1)C(=O)N1CCC[C@H]1C(=O)O. The van der Waals surface area contributed by atoms with Crippen molar-refractivity contribution in [3.8, 4) is 0 Å². The zero-order valence-electron chi connectivity index (χ0n) is 49.9. The van der Waals surface area contributed by atoms with Crippen LogP contribution in [0.5, 0.6) is 0 Å². The number of hydrogen-bond acceptors (Lipinski definition) is 14. The minimum Gasteiger partial charge on any atom is -0.480 e. The van der Waals surface area contributed by atoms with Crippen LogP contribution in [0.2, 0.25) is 0 Å². The number of aliphatic imine (C=N–C) groups is 1. The number of hydrogen-bond donors (Lipinski definition) is 12. The normalized spacial score (nSPS) is 18.9. The predicted octanol–water partition coefficient (Wildman–Crippen LogP) is -0.987. The van der Waals surface area contributed by atoms with Crippen LogP contribution in [-0.2, 0) is 67.2 Å². The first kappa shape index (κ1) is 67.7. The Morgan fingerprint density at radius 3 is 1.60 bits per heavy atom. The highest BCUT2D eigenvalue weighted by Crippen LogP contribution is 2.24. The van der Waals surface area contributed by atoms with Gasteiger partial charge >= 0.3 is 5.97 Å². The van der Waals surface area contributed by atoms with E-state index < -0.39 is 120 Å². The van der Waals surface area contributed by atoms with Crippen LogP contribution >= 0.6 is 0 Å². The van der Waals surface area contributed by atoms with Crippen LogP contribution in [0, 0.1) is 5.92 Å². The van der Waals surface area contributed by atoms with Crippen LogP contribution in [-0.4, -0.2) is 193 Å². The third-order valence-corrected chi connectivity index (χ3v) is 15.8. The minimum atomic E-state index is -1.73. The van der Waals surface area contributed by atoms with Gasteiger partial charge < -0.3 is 79.0 Å². The molecule has 2 aromatic carbocycles. The van der Waals surface area contributed by atoms with Gasteiger partial charge in [0.25, 0.3) is 0 Å². The number of benzene rings is 2. The summed E-state index contributed by atoms with van der Waals surface area (Å²) >= 11 is 0. The maximum absolute atomic E-state index is 14.9. The lowest BCUT2D eigenvalue weighted by atomic mass is 10.0. The van der Waals surface area contributed by atoms with E-state index in [4.69, 9.17) is 17.2 Å². The number of aromatic amines is 1. The number of amides is 9. The van der Waals surface area contributed by atoms with E-state index in [-0.39, 0.29) is 88.8 Å². The molecular weight excluding hydrogens is 1120 g/mol. The number of aliphatic hydroxyl groups is 1. The number of carboxylic acids is 1. The van der Waals surface area contributed by atoms with Crippen LogP contribution in [0.1, 0.15) is 115 Å². The zero-order valence-corrected chi connectivity index (χ0v) is 49.9. The molecule has 0 radical (unpaired) electrons. The lowest BCUT2D eigenvalue weighted by Gasteiger charge is -2.32. The fourth-order valence-electron chi connectivity index (χ4n) is 11.3. The molecule has 27 nitrogen and oxygen atoms in total. The van der Waals surface area contributed by atoms with Crippen LogP contribution in [0.15, 0.2) is 78.2 Å². The Bertz CT molecular complexity index is 2840. The average Bonchev–Trinajstić information content (AvgIpc) is 2.58. The summed E-state index contributed by atoms with van der Waals surface area (Å²) < 4.78 is 0. The molecule has 3 aliphatic rings. The summed E-state index contributed by atoms with van der Waals surface area (Å²) in [6.07, 6.45) is 6.95. The summed E-state index contributed by atoms with van der Waals surface area (Å²) in [6, 6.07) is 5.54. The largest absolute Gasteiger partial charge is 0.480 e. The summed E-state index contributed by atoms with van der Waals surface area (Å²) in [6.45, 7) is 5.31. The molecule has 6 rings (SSSR count). The summed E-state index contributed by atoms with van der Waals surface area (Å²) in [5.41, 5.74) is 19.1. The van der Waals surface area contributed by atoms with Crippen molar-refractivity contribution in [2.75, 3.05) is 32.8 Å². The molecule has 9 amide bonds. The molecule has 15 N–H and O–H groups in total. The first-order valence-electron chi connectivity index (χ1n) is 30.1. The van der Waals surface area contributed by atoms with Gasteiger partial charge in [0.05, 0.1) is 19.0 Å². The number of carbonyl (C=O) groups excluding carboxylic acids is 9. The summed E-state index contributed by atoms with van der Waals surface area (Å²) in [7, 11) is 0. The molecule has 0 saturated carbocycles. The van der Waals surface area contributed by atoms with Crippen molar-refractivity contribution >= 4 is 65.1 Å². The van der Waals surface area contributed by atoms with Gasteiger partial charge in [-0.05, 0) is 81.3 Å². The molecule has 3 saturated heterocycles. The second-order valence-corrected chi connectivity index (χ2v) is 22.9. The van der Waals surface area contributed by atoms with E-state index in [0.29, 0.717) is 55.5 Å². The van der Waals surface area contributed by atoms with Gasteiger partial charge in [0.2, 0.25) is 53.2 Å². The number of guanidine groups is 1. The Morgan fingerprint density at radius 1 is 0.609 bits per heavy atom. The van der Waals surface area contributed by atoms with Crippen molar-refractivity contribution in [1.29, 1.82) is 0 Å². The predicted molar refractivity (Wildman–Crippen MR) is 320 cm³/mol. The minimum absolute atomic E-state index is 0.0130. The van der Waals surface area contributed by atoms with E-state index in [0.717, 1.165) is 12.8 Å². The van der Waals surface area contributed by atoms with E-state index >= 15 is 0 Å². The van der Waals surface area contributed by atoms with Gasteiger partial charge in [-0.15, -0.1) is 0 Å². The van der Waals surface area contributed by atoms with Gasteiger partial charge in [-0.25, -0.2) is 9.78 Å². The molecule has 87 heavy (non-hydrogen) atoms. The van der Waals surface area contributed by atoms with Crippen molar-refractivity contribution in [3.63, 3.8) is 0 Å². The van der Waals surface area contributed by atoms with Crippen LogP contribution in [0.3, 0.4) is 0 Å². The molecule has 3 aromatic rings. The highest BCUT2D eigenvalue weighted by atomic mass is 16.4. The Kier molecular flexibility index (Phi) is 26.0. The molecule has 1 aromatic heterocycles. The number of aliphatic carboxylic acids is 1. The second-order valence-electron chi connectivity index (χ2n) is 22.9. The Balaban J connectivity index is 1.19. The number of likely N-dealkylation sites (tertiary alicyclic amines) is 3. The number of nitrogens with one attached hydrogen (secondary N) is 7. The van der Waals surface area contributed by atoms with Crippen LogP contribution < -0.4 is 49.1 Å². The molecular formula is C60H87N15O12. The topological polar surface area (TPSA) is 412 Å². The zero-order chi connectivity index (χ0) is 63.2. The molecule has 3 fully saturated rings. The number of carboxylic acid groups (broad SMARTS) is 1. The van der Waals surface area contributed by atoms with E-state index in [2.05, 4.69) is 46.9 Å². The molecule has 0 bridgehead atoms. The number of unbranched alkanes of at least 4 members (excludes halogenated alkanes) is 1.